The summed E-state index contributed by atoms with van der Waals surface area (Å²) in [5, 5.41) is 2.06. The molecule has 0 radical (unpaired) electrons. The number of rotatable bonds is 8. The molecule has 0 bridgehead atoms. The Bertz CT molecular complexity index is 1150. The van der Waals surface area contributed by atoms with E-state index in [9.17, 15) is 28.8 Å². The lowest BCUT2D eigenvalue weighted by Gasteiger charge is -2.49. The Morgan fingerprint density at radius 2 is 1.75 bits per heavy atom. The summed E-state index contributed by atoms with van der Waals surface area (Å²) < 4.78 is 16.6. The van der Waals surface area contributed by atoms with E-state index in [1.165, 1.54) is 52.7 Å². The van der Waals surface area contributed by atoms with Crippen molar-refractivity contribution in [1.82, 2.24) is 14.8 Å². The number of amides is 2. The highest BCUT2D eigenvalue weighted by atomic mass is 32.2. The van der Waals surface area contributed by atoms with Crippen LogP contribution in [0.5, 0.6) is 0 Å². The van der Waals surface area contributed by atoms with Crippen LogP contribution in [-0.2, 0) is 44.7 Å². The fourth-order valence-electron chi connectivity index (χ4n) is 3.33. The molecule has 3 rings (SSSR count). The van der Waals surface area contributed by atoms with Gasteiger partial charge in [0.15, 0.2) is 5.43 Å². The van der Waals surface area contributed by atoms with Gasteiger partial charge in [0, 0.05) is 42.8 Å². The molecule has 194 valence electrons. The lowest BCUT2D eigenvalue weighted by Crippen LogP contribution is -2.70. The molecule has 1 N–H and O–H groups in total. The average Bonchev–Trinajstić information content (AvgIpc) is 2.81. The molecule has 1 aromatic rings. The van der Waals surface area contributed by atoms with E-state index in [1.807, 2.05) is 0 Å². The molecule has 36 heavy (non-hydrogen) atoms. The topological polar surface area (TPSA) is 150 Å². The summed E-state index contributed by atoms with van der Waals surface area (Å²) >= 11 is 1.29. The highest BCUT2D eigenvalue weighted by Crippen LogP contribution is 2.40. The van der Waals surface area contributed by atoms with Crippen LogP contribution in [0, 0.1) is 5.41 Å². The van der Waals surface area contributed by atoms with Crippen molar-refractivity contribution < 1.29 is 38.2 Å². The lowest BCUT2D eigenvalue weighted by atomic mass is 9.98. The van der Waals surface area contributed by atoms with Gasteiger partial charge in [-0.3, -0.25) is 28.9 Å². The molecule has 13 heteroatoms. The van der Waals surface area contributed by atoms with Crippen LogP contribution in [0.3, 0.4) is 0 Å². The lowest BCUT2D eigenvalue weighted by molar-refractivity contribution is -0.173. The summed E-state index contributed by atoms with van der Waals surface area (Å²) in [4.78, 5) is 73.9. The maximum atomic E-state index is 13.0. The Morgan fingerprint density at radius 3 is 2.36 bits per heavy atom. The number of hydrogen-bond acceptors (Lipinski definition) is 10. The van der Waals surface area contributed by atoms with Crippen LogP contribution in [0.4, 0.5) is 0 Å². The van der Waals surface area contributed by atoms with Crippen molar-refractivity contribution in [3.05, 3.63) is 46.0 Å². The van der Waals surface area contributed by atoms with E-state index in [4.69, 9.17) is 14.2 Å². The van der Waals surface area contributed by atoms with E-state index in [1.54, 1.807) is 20.8 Å². The zero-order chi connectivity index (χ0) is 26.6. The number of hydrogen-bond donors (Lipinski definition) is 1. The number of nitrogens with one attached hydrogen (secondary N) is 1. The van der Waals surface area contributed by atoms with E-state index in [2.05, 4.69) is 5.32 Å². The first kappa shape index (κ1) is 27.0. The molecule has 2 amide bonds. The fourth-order valence-corrected chi connectivity index (χ4v) is 4.65. The largest absolute Gasteiger partial charge is 0.461 e. The first-order valence-electron chi connectivity index (χ1n) is 11.0. The van der Waals surface area contributed by atoms with Crippen LogP contribution in [0.1, 0.15) is 27.7 Å². The monoisotopic (exact) mass is 521 g/mol. The second kappa shape index (κ2) is 11.0. The van der Waals surface area contributed by atoms with Crippen molar-refractivity contribution in [3.8, 4) is 0 Å². The second-order valence-electron chi connectivity index (χ2n) is 9.13. The van der Waals surface area contributed by atoms with Gasteiger partial charge in [0.2, 0.25) is 12.7 Å². The van der Waals surface area contributed by atoms with Gasteiger partial charge in [-0.25, -0.2) is 4.79 Å². The number of carbonyl (C=O) groups excluding carboxylic acids is 5. The summed E-state index contributed by atoms with van der Waals surface area (Å²) in [6, 6.07) is 1.73. The molecular weight excluding hydrogens is 494 g/mol. The minimum Gasteiger partial charge on any atom is -0.461 e. The zero-order valence-corrected chi connectivity index (χ0v) is 21.1. The van der Waals surface area contributed by atoms with Crippen LogP contribution in [-0.4, -0.2) is 69.8 Å². The molecule has 2 atom stereocenters. The third kappa shape index (κ3) is 6.33. The molecule has 0 aliphatic carbocycles. The predicted molar refractivity (Wildman–Crippen MR) is 126 cm³/mol. The molecule has 3 heterocycles. The van der Waals surface area contributed by atoms with E-state index in [-0.39, 0.29) is 30.0 Å². The number of β-lactam (4-membered cyclic amide) rings is 1. The first-order chi connectivity index (χ1) is 16.9. The molecule has 1 fully saturated rings. The van der Waals surface area contributed by atoms with Gasteiger partial charge in [-0.1, -0.05) is 0 Å². The number of fused-ring (bicyclic) bond motifs is 1. The number of aromatic nitrogens is 1. The van der Waals surface area contributed by atoms with Gasteiger partial charge in [-0.2, -0.15) is 0 Å². The Balaban J connectivity index is 1.70. The van der Waals surface area contributed by atoms with Gasteiger partial charge in [0.05, 0.1) is 5.41 Å². The van der Waals surface area contributed by atoms with Crippen molar-refractivity contribution in [1.29, 1.82) is 0 Å². The highest BCUT2D eigenvalue weighted by molar-refractivity contribution is 8.00. The molecule has 0 saturated carbocycles. The molecule has 0 unspecified atom stereocenters. The van der Waals surface area contributed by atoms with Crippen molar-refractivity contribution >= 4 is 41.5 Å². The Hall–Kier alpha value is -3.61. The van der Waals surface area contributed by atoms with Crippen LogP contribution < -0.4 is 10.7 Å². The number of pyridine rings is 1. The number of carbonyl (C=O) groups is 5. The van der Waals surface area contributed by atoms with E-state index in [0.717, 1.165) is 0 Å². The van der Waals surface area contributed by atoms with Crippen LogP contribution in [0.15, 0.2) is 40.6 Å². The van der Waals surface area contributed by atoms with Crippen molar-refractivity contribution in [2.24, 2.45) is 5.41 Å². The molecular formula is C23H27N3O9S. The maximum absolute atomic E-state index is 13.0. The van der Waals surface area contributed by atoms with Gasteiger partial charge in [0.1, 0.15) is 30.3 Å². The molecule has 0 aromatic carbocycles. The standard InChI is InChI=1S/C23H27N3O9S/c1-13(27)33-10-14-11-36-20-17(24-16(29)9-25-7-5-15(28)6-8-25)19(30)26(20)18(14)21(31)34-12-35-22(32)23(2,3)4/h5-8,17,20H,9-12H2,1-4H3,(H,24,29)/t17-,20-/m1/s1. The summed E-state index contributed by atoms with van der Waals surface area (Å²) in [5.41, 5.74) is -0.751. The fraction of sp³-hybridized carbons (Fsp3) is 0.478. The normalized spacial score (nSPS) is 19.1. The number of nitrogens with zero attached hydrogens (tertiary/aromatic N) is 2. The molecule has 2 aliphatic rings. The average molecular weight is 522 g/mol. The Kier molecular flexibility index (Phi) is 8.23. The zero-order valence-electron chi connectivity index (χ0n) is 20.3. The highest BCUT2D eigenvalue weighted by Gasteiger charge is 2.54. The van der Waals surface area contributed by atoms with Gasteiger partial charge in [-0.05, 0) is 20.8 Å². The van der Waals surface area contributed by atoms with Gasteiger partial charge >= 0.3 is 17.9 Å². The third-order valence-electron chi connectivity index (χ3n) is 5.19. The summed E-state index contributed by atoms with van der Waals surface area (Å²) in [6.07, 6.45) is 2.91. The second-order valence-corrected chi connectivity index (χ2v) is 10.2. The maximum Gasteiger partial charge on any atom is 0.358 e. The van der Waals surface area contributed by atoms with E-state index < -0.39 is 53.3 Å². The number of esters is 3. The number of thioether (sulfide) groups is 1. The molecule has 1 saturated heterocycles. The predicted octanol–water partition coefficient (Wildman–Crippen LogP) is 0.155. The van der Waals surface area contributed by atoms with Crippen molar-refractivity contribution in [3.63, 3.8) is 0 Å². The molecule has 0 spiro atoms. The van der Waals surface area contributed by atoms with Crippen LogP contribution in [0.25, 0.3) is 0 Å². The third-order valence-corrected chi connectivity index (χ3v) is 6.53. The smallest absolute Gasteiger partial charge is 0.358 e. The molecule has 1 aromatic heterocycles. The van der Waals surface area contributed by atoms with E-state index in [0.29, 0.717) is 5.57 Å². The van der Waals surface area contributed by atoms with Gasteiger partial charge in [-0.15, -0.1) is 11.8 Å². The summed E-state index contributed by atoms with van der Waals surface area (Å²) in [5.74, 6) is -2.82. The minimum atomic E-state index is -0.921. The van der Waals surface area contributed by atoms with Crippen molar-refractivity contribution in [2.45, 2.75) is 45.7 Å². The summed E-state index contributed by atoms with van der Waals surface area (Å²) in [6.45, 7) is 5.15. The Morgan fingerprint density at radius 1 is 1.08 bits per heavy atom. The molecule has 2 aliphatic heterocycles. The van der Waals surface area contributed by atoms with Crippen molar-refractivity contribution in [2.75, 3.05) is 19.2 Å². The van der Waals surface area contributed by atoms with E-state index >= 15 is 0 Å². The minimum absolute atomic E-state index is 0.108. The molecule has 12 nitrogen and oxygen atoms in total. The Labute approximate surface area is 210 Å². The number of ether oxygens (including phenoxy) is 3. The van der Waals surface area contributed by atoms with Crippen LogP contribution in [0.2, 0.25) is 0 Å². The summed E-state index contributed by atoms with van der Waals surface area (Å²) in [7, 11) is 0. The van der Waals surface area contributed by atoms with Gasteiger partial charge in [0.25, 0.3) is 5.91 Å². The first-order valence-corrected chi connectivity index (χ1v) is 12.0. The van der Waals surface area contributed by atoms with Gasteiger partial charge < -0.3 is 24.1 Å². The quantitative estimate of drug-likeness (QED) is 0.285. The SMILES string of the molecule is CC(=O)OCC1=C(C(=O)OCOC(=O)C(C)(C)C)N2C(=O)[C@@H](NC(=O)Cn3ccc(=O)cc3)[C@H]2SC1. The van der Waals surface area contributed by atoms with Crippen LogP contribution >= 0.6 is 11.8 Å².